The molecule has 1 atom stereocenters. The maximum Gasteiger partial charge on any atom is 0.0909 e. The summed E-state index contributed by atoms with van der Waals surface area (Å²) in [6, 6.07) is 0. The molecule has 0 spiro atoms. The monoisotopic (exact) mass is 194 g/mol. The van der Waals surface area contributed by atoms with Gasteiger partial charge >= 0.3 is 0 Å². The van der Waals surface area contributed by atoms with Crippen molar-refractivity contribution in [2.45, 2.75) is 33.3 Å². The Morgan fingerprint density at radius 3 is 2.69 bits per heavy atom. The second kappa shape index (κ2) is 4.45. The lowest BCUT2D eigenvalue weighted by Crippen LogP contribution is -1.96. The van der Waals surface area contributed by atoms with Crippen molar-refractivity contribution in [3.05, 3.63) is 21.4 Å². The van der Waals surface area contributed by atoms with E-state index in [-0.39, 0.29) is 0 Å². The minimum Gasteiger partial charge on any atom is -0.387 e. The van der Waals surface area contributed by atoms with Gasteiger partial charge in [-0.15, -0.1) is 23.2 Å². The number of hydrogen-bond acceptors (Lipinski definition) is 2. The number of rotatable bonds is 2. The topological polar surface area (TPSA) is 20.2 Å². The van der Waals surface area contributed by atoms with E-state index in [2.05, 4.69) is 18.8 Å². The van der Waals surface area contributed by atoms with Gasteiger partial charge in [0.05, 0.1) is 6.10 Å². The molecule has 1 unspecified atom stereocenters. The highest BCUT2D eigenvalue weighted by atomic mass is 32.1. The first kappa shape index (κ1) is 10.3. The Balaban J connectivity index is 2.80. The van der Waals surface area contributed by atoms with Gasteiger partial charge in [-0.1, -0.05) is 0 Å². The Morgan fingerprint density at radius 1 is 1.54 bits per heavy atom. The number of aliphatic hydroxyl groups excluding tert-OH is 1. The van der Waals surface area contributed by atoms with Crippen LogP contribution in [0, 0.1) is 25.7 Å². The smallest absolute Gasteiger partial charge is 0.0909 e. The van der Waals surface area contributed by atoms with Crippen LogP contribution >= 0.6 is 11.3 Å². The molecule has 0 aromatic carbocycles. The molecular formula is C11H14OS. The minimum atomic E-state index is -0.419. The van der Waals surface area contributed by atoms with Crippen molar-refractivity contribution < 1.29 is 5.11 Å². The van der Waals surface area contributed by atoms with Crippen molar-refractivity contribution in [1.29, 1.82) is 0 Å². The predicted molar refractivity (Wildman–Crippen MR) is 56.8 cm³/mol. The van der Waals surface area contributed by atoms with E-state index in [1.807, 2.05) is 12.3 Å². The fourth-order valence-electron chi connectivity index (χ4n) is 1.17. The van der Waals surface area contributed by atoms with Crippen LogP contribution in [0.4, 0.5) is 0 Å². The van der Waals surface area contributed by atoms with Gasteiger partial charge in [-0.2, -0.15) is 0 Å². The molecule has 1 nitrogen and oxygen atoms in total. The fraction of sp³-hybridized carbons (Fsp3) is 0.455. The highest BCUT2D eigenvalue weighted by Gasteiger charge is 2.11. The van der Waals surface area contributed by atoms with Crippen LogP contribution in [0.25, 0.3) is 0 Å². The van der Waals surface area contributed by atoms with Gasteiger partial charge < -0.3 is 5.11 Å². The quantitative estimate of drug-likeness (QED) is 0.718. The van der Waals surface area contributed by atoms with Gasteiger partial charge in [-0.3, -0.25) is 0 Å². The first-order valence-electron chi connectivity index (χ1n) is 4.29. The molecule has 0 aliphatic rings. The van der Waals surface area contributed by atoms with Crippen molar-refractivity contribution >= 4 is 11.3 Å². The van der Waals surface area contributed by atoms with Gasteiger partial charge in [0.1, 0.15) is 0 Å². The summed E-state index contributed by atoms with van der Waals surface area (Å²) in [4.78, 5) is 1.28. The van der Waals surface area contributed by atoms with Crippen molar-refractivity contribution in [2.75, 3.05) is 0 Å². The highest BCUT2D eigenvalue weighted by molar-refractivity contribution is 7.10. The molecule has 0 saturated heterocycles. The molecule has 1 heterocycles. The Morgan fingerprint density at radius 2 is 2.23 bits per heavy atom. The summed E-state index contributed by atoms with van der Waals surface area (Å²) in [6.07, 6.45) is 0.116. The third kappa shape index (κ3) is 2.33. The van der Waals surface area contributed by atoms with Crippen LogP contribution in [0.2, 0.25) is 0 Å². The Kier molecular flexibility index (Phi) is 3.53. The largest absolute Gasteiger partial charge is 0.387 e. The summed E-state index contributed by atoms with van der Waals surface area (Å²) in [6.45, 7) is 5.91. The van der Waals surface area contributed by atoms with Crippen molar-refractivity contribution in [3.8, 4) is 11.8 Å². The Hall–Kier alpha value is -0.780. The van der Waals surface area contributed by atoms with Gasteiger partial charge in [0.15, 0.2) is 0 Å². The maximum atomic E-state index is 9.75. The Labute approximate surface area is 83.4 Å². The highest BCUT2D eigenvalue weighted by Crippen LogP contribution is 2.27. The summed E-state index contributed by atoms with van der Waals surface area (Å²) in [7, 11) is 0. The van der Waals surface area contributed by atoms with Gasteiger partial charge in [-0.25, -0.2) is 0 Å². The van der Waals surface area contributed by atoms with Crippen LogP contribution in [-0.4, -0.2) is 5.11 Å². The lowest BCUT2D eigenvalue weighted by molar-refractivity contribution is 0.184. The lowest BCUT2D eigenvalue weighted by Gasteiger charge is -2.06. The molecular weight excluding hydrogens is 180 g/mol. The summed E-state index contributed by atoms with van der Waals surface area (Å²) < 4.78 is 0. The molecule has 0 amide bonds. The second-order valence-electron chi connectivity index (χ2n) is 3.02. The van der Waals surface area contributed by atoms with Crippen molar-refractivity contribution in [1.82, 2.24) is 0 Å². The van der Waals surface area contributed by atoms with Crippen LogP contribution < -0.4 is 0 Å². The third-order valence-electron chi connectivity index (χ3n) is 2.15. The molecule has 0 fully saturated rings. The lowest BCUT2D eigenvalue weighted by atomic mass is 10.1. The van der Waals surface area contributed by atoms with Crippen LogP contribution in [-0.2, 0) is 0 Å². The number of aryl methyl sites for hydroxylation is 1. The first-order chi connectivity index (χ1) is 6.16. The number of thiophene rings is 1. The predicted octanol–water partition coefficient (Wildman–Crippen LogP) is 2.81. The molecule has 1 N–H and O–H groups in total. The van der Waals surface area contributed by atoms with Crippen LogP contribution in [0.15, 0.2) is 5.38 Å². The van der Waals surface area contributed by atoms with E-state index in [4.69, 9.17) is 0 Å². The summed E-state index contributed by atoms with van der Waals surface area (Å²) >= 11 is 1.68. The minimum absolute atomic E-state index is 0.419. The van der Waals surface area contributed by atoms with Gasteiger partial charge in [0.2, 0.25) is 0 Å². The second-order valence-corrected chi connectivity index (χ2v) is 4.10. The van der Waals surface area contributed by atoms with E-state index in [1.54, 1.807) is 18.3 Å². The van der Waals surface area contributed by atoms with Crippen LogP contribution in [0.3, 0.4) is 0 Å². The molecule has 70 valence electrons. The summed E-state index contributed by atoms with van der Waals surface area (Å²) in [5.74, 6) is 5.68. The SMILES string of the molecule is CC#CCC(O)c1csc(C)c1C. The van der Waals surface area contributed by atoms with E-state index >= 15 is 0 Å². The van der Waals surface area contributed by atoms with E-state index < -0.39 is 6.10 Å². The van der Waals surface area contributed by atoms with E-state index in [0.717, 1.165) is 5.56 Å². The summed E-state index contributed by atoms with van der Waals surface area (Å²) in [5.41, 5.74) is 2.24. The van der Waals surface area contributed by atoms with Crippen molar-refractivity contribution in [3.63, 3.8) is 0 Å². The summed E-state index contributed by atoms with van der Waals surface area (Å²) in [5, 5.41) is 11.8. The molecule has 0 aliphatic heterocycles. The van der Waals surface area contributed by atoms with E-state index in [9.17, 15) is 5.11 Å². The molecule has 0 saturated carbocycles. The molecule has 13 heavy (non-hydrogen) atoms. The van der Waals surface area contributed by atoms with Crippen LogP contribution in [0.1, 0.15) is 35.5 Å². The average Bonchev–Trinajstić information content (AvgIpc) is 2.44. The number of hydrogen-bond donors (Lipinski definition) is 1. The molecule has 1 rings (SSSR count). The Bertz CT molecular complexity index is 341. The third-order valence-corrected chi connectivity index (χ3v) is 3.19. The van der Waals surface area contributed by atoms with Gasteiger partial charge in [0, 0.05) is 11.3 Å². The zero-order valence-corrected chi connectivity index (χ0v) is 9.03. The molecule has 0 radical (unpaired) electrons. The van der Waals surface area contributed by atoms with E-state index in [1.165, 1.54) is 10.4 Å². The zero-order chi connectivity index (χ0) is 9.84. The number of aliphatic hydroxyl groups is 1. The standard InChI is InChI=1S/C11H14OS/c1-4-5-6-11(12)10-7-13-9(3)8(10)2/h7,11-12H,6H2,1-3H3. The normalized spacial score (nSPS) is 12.0. The molecule has 2 heteroatoms. The maximum absolute atomic E-state index is 9.75. The fourth-order valence-corrected chi connectivity index (χ4v) is 2.10. The average molecular weight is 194 g/mol. The first-order valence-corrected chi connectivity index (χ1v) is 5.17. The molecule has 1 aromatic rings. The molecule has 0 bridgehead atoms. The zero-order valence-electron chi connectivity index (χ0n) is 8.22. The van der Waals surface area contributed by atoms with Gasteiger partial charge in [0.25, 0.3) is 0 Å². The van der Waals surface area contributed by atoms with Crippen LogP contribution in [0.5, 0.6) is 0 Å². The van der Waals surface area contributed by atoms with Crippen molar-refractivity contribution in [2.24, 2.45) is 0 Å². The molecule has 0 aliphatic carbocycles. The molecule has 1 aromatic heterocycles. The van der Waals surface area contributed by atoms with Gasteiger partial charge in [-0.05, 0) is 37.3 Å². The van der Waals surface area contributed by atoms with E-state index in [0.29, 0.717) is 6.42 Å².